The van der Waals surface area contributed by atoms with Crippen molar-refractivity contribution in [1.82, 2.24) is 19.0 Å². The van der Waals surface area contributed by atoms with Gasteiger partial charge in [-0.05, 0) is 55.0 Å². The van der Waals surface area contributed by atoms with E-state index in [2.05, 4.69) is 5.32 Å². The lowest BCUT2D eigenvalue weighted by Gasteiger charge is -2.29. The van der Waals surface area contributed by atoms with Gasteiger partial charge >= 0.3 is 0 Å². The molecule has 0 saturated heterocycles. The molecular weight excluding hydrogens is 636 g/mol. The first-order valence-electron chi connectivity index (χ1n) is 15.5. The monoisotopic (exact) mass is 676 g/mol. The Kier molecular flexibility index (Phi) is 11.2. The quantitative estimate of drug-likeness (QED) is 0.208. The zero-order valence-corrected chi connectivity index (χ0v) is 27.9. The number of nitrogens with zero attached hydrogens (tertiary/aromatic N) is 3. The van der Waals surface area contributed by atoms with Crippen LogP contribution in [0, 0.1) is 6.92 Å². The Morgan fingerprint density at radius 3 is 2.33 bits per heavy atom. The maximum atomic E-state index is 13.9. The van der Waals surface area contributed by atoms with Crippen LogP contribution in [-0.4, -0.2) is 72.8 Å². The fourth-order valence-electron chi connectivity index (χ4n) is 5.65. The molecule has 1 aromatic heterocycles. The first-order valence-corrected chi connectivity index (χ1v) is 17.0. The fraction of sp³-hybridized carbons (Fsp3) is 0.314. The molecule has 13 heteroatoms. The number of rotatable bonds is 14. The molecule has 5 rings (SSSR count). The second kappa shape index (κ2) is 15.5. The number of hydrogen-bond donors (Lipinski definition) is 2. The molecule has 1 aliphatic rings. The van der Waals surface area contributed by atoms with Gasteiger partial charge in [-0.15, -0.1) is 0 Å². The van der Waals surface area contributed by atoms with E-state index in [1.807, 2.05) is 67.6 Å². The van der Waals surface area contributed by atoms with Crippen molar-refractivity contribution in [3.05, 3.63) is 124 Å². The highest BCUT2D eigenvalue weighted by atomic mass is 32.2. The van der Waals surface area contributed by atoms with Gasteiger partial charge in [-0.1, -0.05) is 48.5 Å². The fourth-order valence-corrected chi connectivity index (χ4v) is 7.06. The summed E-state index contributed by atoms with van der Waals surface area (Å²) in [7, 11) is -0.677. The summed E-state index contributed by atoms with van der Waals surface area (Å²) in [6.07, 6.45) is 0.877. The molecule has 2 atom stereocenters. The van der Waals surface area contributed by atoms with Gasteiger partial charge in [-0.3, -0.25) is 14.3 Å². The van der Waals surface area contributed by atoms with Gasteiger partial charge in [0.2, 0.25) is 16.3 Å². The number of aliphatic hydroxyl groups excluding tert-OH is 1. The van der Waals surface area contributed by atoms with Gasteiger partial charge in [-0.25, -0.2) is 13.1 Å². The molecule has 0 unspecified atom stereocenters. The minimum absolute atomic E-state index is 0.000774. The predicted octanol–water partition coefficient (Wildman–Crippen LogP) is 3.22. The number of hydrogen-bond acceptors (Lipinski definition) is 8. The van der Waals surface area contributed by atoms with Gasteiger partial charge in [0, 0.05) is 50.3 Å². The van der Waals surface area contributed by atoms with Crippen molar-refractivity contribution >= 4 is 15.9 Å². The van der Waals surface area contributed by atoms with Crippen molar-refractivity contribution in [3.8, 4) is 11.4 Å². The van der Waals surface area contributed by atoms with Crippen molar-refractivity contribution in [2.24, 2.45) is 7.05 Å². The van der Waals surface area contributed by atoms with Crippen molar-refractivity contribution in [1.29, 1.82) is 0 Å². The van der Waals surface area contributed by atoms with Crippen molar-refractivity contribution in [3.63, 3.8) is 0 Å². The van der Waals surface area contributed by atoms with E-state index in [4.69, 9.17) is 14.2 Å². The molecule has 0 radical (unpaired) electrons. The molecule has 48 heavy (non-hydrogen) atoms. The number of para-hydroxylation sites is 1. The standard InChI is InChI=1S/C35H40N4O8S/c1-25-33(35(42)39(37(25)2)28-12-8-5-9-13-28)27-22-31(34(41)36-24-26-10-6-4-7-11-26)47-32(23-27)46-21-19-38(18-20-40)48(43,44)30-16-14-29(45-3)15-17-30/h4-17,22,27,32,40H,18-21,23-24H2,1-3H3,(H,36,41)/t27-,32+/m0/s1. The number of carbonyl (C=O) groups excluding carboxylic acids is 1. The highest BCUT2D eigenvalue weighted by Gasteiger charge is 2.33. The normalized spacial score (nSPS) is 16.3. The third-order valence-electron chi connectivity index (χ3n) is 8.24. The Morgan fingerprint density at radius 1 is 1.02 bits per heavy atom. The van der Waals surface area contributed by atoms with Crippen LogP contribution in [0.5, 0.6) is 5.75 Å². The van der Waals surface area contributed by atoms with E-state index in [1.165, 1.54) is 19.2 Å². The van der Waals surface area contributed by atoms with Crippen LogP contribution in [0.25, 0.3) is 5.69 Å². The number of allylic oxidation sites excluding steroid dienone is 1. The maximum Gasteiger partial charge on any atom is 0.286 e. The average molecular weight is 677 g/mol. The SMILES string of the molecule is COc1ccc(S(=O)(=O)N(CCO)CCO[C@H]2C[C@@H](c3c(C)n(C)n(-c4ccccc4)c3=O)C=C(C(=O)NCc3ccccc3)O2)cc1. The minimum atomic E-state index is -3.97. The largest absolute Gasteiger partial charge is 0.497 e. The summed E-state index contributed by atoms with van der Waals surface area (Å²) >= 11 is 0. The summed E-state index contributed by atoms with van der Waals surface area (Å²) < 4.78 is 48.4. The summed E-state index contributed by atoms with van der Waals surface area (Å²) in [4.78, 5) is 27.3. The zero-order valence-electron chi connectivity index (χ0n) is 27.1. The van der Waals surface area contributed by atoms with Crippen molar-refractivity contribution < 1.29 is 32.5 Å². The minimum Gasteiger partial charge on any atom is -0.497 e. The summed E-state index contributed by atoms with van der Waals surface area (Å²) in [6.45, 7) is 1.37. The molecule has 2 N–H and O–H groups in total. The topological polar surface area (TPSA) is 141 Å². The number of benzene rings is 3. The maximum absolute atomic E-state index is 13.9. The Labute approximate surface area is 279 Å². The van der Waals surface area contributed by atoms with E-state index >= 15 is 0 Å². The molecular formula is C35H40N4O8S. The number of methoxy groups -OCH3 is 1. The molecule has 0 fully saturated rings. The predicted molar refractivity (Wildman–Crippen MR) is 179 cm³/mol. The number of ether oxygens (including phenoxy) is 3. The number of aliphatic hydroxyl groups is 1. The molecule has 0 spiro atoms. The number of nitrogens with one attached hydrogen (secondary N) is 1. The number of amides is 1. The van der Waals surface area contributed by atoms with Gasteiger partial charge in [0.1, 0.15) is 5.75 Å². The molecule has 1 amide bonds. The van der Waals surface area contributed by atoms with E-state index < -0.39 is 34.7 Å². The van der Waals surface area contributed by atoms with Gasteiger partial charge < -0.3 is 24.6 Å². The zero-order chi connectivity index (χ0) is 34.3. The van der Waals surface area contributed by atoms with Gasteiger partial charge in [-0.2, -0.15) is 4.31 Å². The summed E-state index contributed by atoms with van der Waals surface area (Å²) in [5.41, 5.74) is 2.58. The van der Waals surface area contributed by atoms with Crippen LogP contribution < -0.4 is 15.6 Å². The molecule has 4 aromatic rings. The first-order chi connectivity index (χ1) is 23.1. The smallest absolute Gasteiger partial charge is 0.286 e. The lowest BCUT2D eigenvalue weighted by molar-refractivity contribution is -0.146. The number of aromatic nitrogens is 2. The molecule has 0 saturated carbocycles. The van der Waals surface area contributed by atoms with Crippen LogP contribution in [0.1, 0.15) is 29.2 Å². The Balaban J connectivity index is 1.38. The Hall–Kier alpha value is -4.69. The third kappa shape index (κ3) is 7.71. The van der Waals surface area contributed by atoms with E-state index in [0.717, 1.165) is 15.6 Å². The van der Waals surface area contributed by atoms with Crippen LogP contribution in [0.15, 0.2) is 106 Å². The molecule has 12 nitrogen and oxygen atoms in total. The molecule has 0 bridgehead atoms. The molecule has 0 aliphatic carbocycles. The van der Waals surface area contributed by atoms with E-state index in [0.29, 0.717) is 17.0 Å². The lowest BCUT2D eigenvalue weighted by Crippen LogP contribution is -2.38. The van der Waals surface area contributed by atoms with Gasteiger partial charge in [0.05, 0.1) is 30.9 Å². The number of carbonyl (C=O) groups is 1. The van der Waals surface area contributed by atoms with Crippen LogP contribution in [0.4, 0.5) is 0 Å². The van der Waals surface area contributed by atoms with Crippen LogP contribution in [0.2, 0.25) is 0 Å². The molecule has 254 valence electrons. The highest BCUT2D eigenvalue weighted by Crippen LogP contribution is 2.32. The van der Waals surface area contributed by atoms with Crippen molar-refractivity contribution in [2.45, 2.75) is 37.0 Å². The Morgan fingerprint density at radius 2 is 1.69 bits per heavy atom. The average Bonchev–Trinajstić information content (AvgIpc) is 3.33. The van der Waals surface area contributed by atoms with Crippen LogP contribution in [-0.2, 0) is 37.9 Å². The molecule has 1 aliphatic heterocycles. The second-order valence-electron chi connectivity index (χ2n) is 11.2. The summed E-state index contributed by atoms with van der Waals surface area (Å²) in [6, 6.07) is 24.7. The first kappa shape index (κ1) is 34.6. The van der Waals surface area contributed by atoms with Gasteiger partial charge in [0.15, 0.2) is 5.76 Å². The van der Waals surface area contributed by atoms with Crippen LogP contribution >= 0.6 is 0 Å². The van der Waals surface area contributed by atoms with Crippen molar-refractivity contribution in [2.75, 3.05) is 33.4 Å². The highest BCUT2D eigenvalue weighted by molar-refractivity contribution is 7.89. The lowest BCUT2D eigenvalue weighted by atomic mass is 9.93. The summed E-state index contributed by atoms with van der Waals surface area (Å²) in [5, 5.41) is 12.5. The molecule has 2 heterocycles. The third-order valence-corrected chi connectivity index (χ3v) is 10.2. The van der Waals surface area contributed by atoms with Gasteiger partial charge in [0.25, 0.3) is 11.5 Å². The van der Waals surface area contributed by atoms with E-state index in [9.17, 15) is 23.1 Å². The second-order valence-corrected chi connectivity index (χ2v) is 13.2. The summed E-state index contributed by atoms with van der Waals surface area (Å²) in [5.74, 6) is -0.505. The molecule has 3 aromatic carbocycles. The van der Waals surface area contributed by atoms with E-state index in [1.54, 1.807) is 34.6 Å². The number of sulfonamides is 1. The van der Waals surface area contributed by atoms with E-state index in [-0.39, 0.29) is 48.9 Å². The Bertz CT molecular complexity index is 1890. The van der Waals surface area contributed by atoms with Crippen LogP contribution in [0.3, 0.4) is 0 Å².